The van der Waals surface area contributed by atoms with Gasteiger partial charge in [-0.2, -0.15) is 4.98 Å². The second-order valence-electron chi connectivity index (χ2n) is 5.89. The first-order valence-corrected chi connectivity index (χ1v) is 8.04. The number of hydrogen-bond donors (Lipinski definition) is 4. The van der Waals surface area contributed by atoms with Gasteiger partial charge in [0.25, 0.3) is 5.56 Å². The molecule has 5 N–H and O–H groups in total. The maximum atomic E-state index is 11.8. The number of benzene rings is 1. The highest BCUT2D eigenvalue weighted by Gasteiger charge is 2.07. The number of anilines is 1. The van der Waals surface area contributed by atoms with Crippen LogP contribution in [0.4, 0.5) is 5.95 Å². The SMILES string of the molecule is [B]NC(=O)c1ccc(CCCCc2cc3c(=O)[nH]c(N)nc3[nH]2)cc1. The Kier molecular flexibility index (Phi) is 4.88. The van der Waals surface area contributed by atoms with Gasteiger partial charge in [-0.1, -0.05) is 12.1 Å². The molecule has 3 rings (SSSR count). The van der Waals surface area contributed by atoms with Gasteiger partial charge in [0.2, 0.25) is 19.8 Å². The third-order valence-corrected chi connectivity index (χ3v) is 4.08. The summed E-state index contributed by atoms with van der Waals surface area (Å²) >= 11 is 0. The Labute approximate surface area is 145 Å². The summed E-state index contributed by atoms with van der Waals surface area (Å²) in [5.41, 5.74) is 8.50. The van der Waals surface area contributed by atoms with Crippen molar-refractivity contribution in [3.05, 3.63) is 57.5 Å². The molecule has 0 aliphatic heterocycles. The Morgan fingerprint density at radius 2 is 1.88 bits per heavy atom. The molecule has 2 heterocycles. The molecule has 2 aromatic heterocycles. The first kappa shape index (κ1) is 16.8. The molecule has 25 heavy (non-hydrogen) atoms. The predicted octanol–water partition coefficient (Wildman–Crippen LogP) is 1.21. The lowest BCUT2D eigenvalue weighted by Crippen LogP contribution is -2.19. The molecule has 126 valence electrons. The second kappa shape index (κ2) is 7.25. The Hall–Kier alpha value is -3.03. The Bertz CT molecular complexity index is 946. The van der Waals surface area contributed by atoms with Crippen LogP contribution >= 0.6 is 0 Å². The van der Waals surface area contributed by atoms with Crippen LogP contribution in [0.3, 0.4) is 0 Å². The van der Waals surface area contributed by atoms with Crippen LogP contribution in [0.1, 0.15) is 34.5 Å². The van der Waals surface area contributed by atoms with Gasteiger partial charge in [0.1, 0.15) is 5.65 Å². The van der Waals surface area contributed by atoms with Crippen LogP contribution in [0.15, 0.2) is 35.1 Å². The molecule has 0 saturated heterocycles. The van der Waals surface area contributed by atoms with Gasteiger partial charge in [-0.3, -0.25) is 14.6 Å². The van der Waals surface area contributed by atoms with Crippen molar-refractivity contribution in [1.82, 2.24) is 20.2 Å². The number of aromatic nitrogens is 3. The topological polar surface area (TPSA) is 117 Å². The highest BCUT2D eigenvalue weighted by molar-refractivity contribution is 6.18. The maximum absolute atomic E-state index is 11.8. The van der Waals surface area contributed by atoms with E-state index in [4.69, 9.17) is 13.7 Å². The number of carbonyl (C=O) groups is 1. The van der Waals surface area contributed by atoms with Gasteiger partial charge in [-0.25, -0.2) is 0 Å². The molecule has 0 saturated carbocycles. The van der Waals surface area contributed by atoms with Crippen molar-refractivity contribution in [3.63, 3.8) is 0 Å². The number of nitrogens with zero attached hydrogens (tertiary/aromatic N) is 1. The standard InChI is InChI=1S/C17H18BN5O2/c18-23-15(24)11-7-5-10(6-8-11)3-1-2-4-12-9-13-14(20-12)21-17(19)22-16(13)25/h5-9H,1-4H2,(H,23,24)(H4,19,20,21,22,25). The molecule has 1 amide bonds. The molecule has 8 heteroatoms. The van der Waals surface area contributed by atoms with Crippen molar-refractivity contribution in [2.45, 2.75) is 25.7 Å². The molecule has 0 fully saturated rings. The van der Waals surface area contributed by atoms with Crippen molar-refractivity contribution in [2.75, 3.05) is 5.73 Å². The summed E-state index contributed by atoms with van der Waals surface area (Å²) in [6.07, 6.45) is 3.69. The zero-order chi connectivity index (χ0) is 17.8. The second-order valence-corrected chi connectivity index (χ2v) is 5.89. The first-order chi connectivity index (χ1) is 12.1. The van der Waals surface area contributed by atoms with Crippen LogP contribution in [0.25, 0.3) is 11.0 Å². The number of nitrogens with two attached hydrogens (primary N) is 1. The lowest BCUT2D eigenvalue weighted by molar-refractivity contribution is 0.0981. The third-order valence-electron chi connectivity index (χ3n) is 4.08. The average Bonchev–Trinajstić information content (AvgIpc) is 3.01. The van der Waals surface area contributed by atoms with Crippen LogP contribution in [-0.4, -0.2) is 28.8 Å². The monoisotopic (exact) mass is 335 g/mol. The number of aromatic amines is 2. The van der Waals surface area contributed by atoms with Gasteiger partial charge < -0.3 is 15.9 Å². The minimum absolute atomic E-state index is 0.109. The molecule has 1 aromatic carbocycles. The lowest BCUT2D eigenvalue weighted by atomic mass is 10.0. The van der Waals surface area contributed by atoms with Crippen LogP contribution in [0.5, 0.6) is 0 Å². The van der Waals surface area contributed by atoms with Gasteiger partial charge in [0.15, 0.2) is 0 Å². The summed E-state index contributed by atoms with van der Waals surface area (Å²) in [5, 5.41) is 2.64. The number of unbranched alkanes of at least 4 members (excludes halogenated alkanes) is 1. The molecular weight excluding hydrogens is 317 g/mol. The number of nitrogens with one attached hydrogen (secondary N) is 3. The minimum atomic E-state index is -0.297. The summed E-state index contributed by atoms with van der Waals surface area (Å²) in [6, 6.07) is 9.20. The number of carbonyl (C=O) groups excluding carboxylic acids is 1. The van der Waals surface area contributed by atoms with E-state index in [2.05, 4.69) is 20.2 Å². The van der Waals surface area contributed by atoms with E-state index in [0.717, 1.165) is 36.9 Å². The smallest absolute Gasteiger partial charge is 0.261 e. The fraction of sp³-hybridized carbons (Fsp3) is 0.235. The highest BCUT2D eigenvalue weighted by Crippen LogP contribution is 2.13. The molecule has 3 aromatic rings. The van der Waals surface area contributed by atoms with E-state index in [9.17, 15) is 9.59 Å². The summed E-state index contributed by atoms with van der Waals surface area (Å²) in [7, 11) is 5.11. The van der Waals surface area contributed by atoms with Crippen molar-refractivity contribution < 1.29 is 4.79 Å². The van der Waals surface area contributed by atoms with Gasteiger partial charge in [0.05, 0.1) is 5.39 Å². The molecule has 2 radical (unpaired) electrons. The molecule has 0 atom stereocenters. The van der Waals surface area contributed by atoms with Crippen molar-refractivity contribution in [1.29, 1.82) is 0 Å². The number of hydrogen-bond acceptors (Lipinski definition) is 4. The molecule has 0 aliphatic carbocycles. The highest BCUT2D eigenvalue weighted by atomic mass is 16.1. The van der Waals surface area contributed by atoms with E-state index < -0.39 is 0 Å². The van der Waals surface area contributed by atoms with Crippen LogP contribution in [0.2, 0.25) is 0 Å². The number of aryl methyl sites for hydroxylation is 2. The fourth-order valence-corrected chi connectivity index (χ4v) is 2.78. The molecule has 0 aliphatic rings. The largest absolute Gasteiger partial charge is 0.405 e. The Morgan fingerprint density at radius 3 is 2.60 bits per heavy atom. The first-order valence-electron chi connectivity index (χ1n) is 8.04. The summed E-state index contributed by atoms with van der Waals surface area (Å²) in [4.78, 5) is 32.9. The van der Waals surface area contributed by atoms with Gasteiger partial charge in [-0.05, 0) is 49.4 Å². The van der Waals surface area contributed by atoms with E-state index >= 15 is 0 Å². The minimum Gasteiger partial charge on any atom is -0.405 e. The van der Waals surface area contributed by atoms with Crippen LogP contribution < -0.4 is 16.5 Å². The summed E-state index contributed by atoms with van der Waals surface area (Å²) < 4.78 is 0. The Morgan fingerprint density at radius 1 is 1.16 bits per heavy atom. The fourth-order valence-electron chi connectivity index (χ4n) is 2.78. The molecule has 0 bridgehead atoms. The normalized spacial score (nSPS) is 10.9. The van der Waals surface area contributed by atoms with E-state index in [1.807, 2.05) is 18.2 Å². The average molecular weight is 335 g/mol. The quantitative estimate of drug-likeness (QED) is 0.400. The molecule has 0 spiro atoms. The number of H-pyrrole nitrogens is 2. The maximum Gasteiger partial charge on any atom is 0.261 e. The van der Waals surface area contributed by atoms with Gasteiger partial charge in [0, 0.05) is 11.3 Å². The predicted molar refractivity (Wildman–Crippen MR) is 97.4 cm³/mol. The zero-order valence-corrected chi connectivity index (χ0v) is 13.6. The Balaban J connectivity index is 1.54. The van der Waals surface area contributed by atoms with Crippen LogP contribution in [0, 0.1) is 0 Å². The lowest BCUT2D eigenvalue weighted by Gasteiger charge is -2.04. The summed E-state index contributed by atoms with van der Waals surface area (Å²) in [6.45, 7) is 0. The molecular formula is C17H18BN5O2. The third kappa shape index (κ3) is 3.91. The molecule has 0 unspecified atom stereocenters. The van der Waals surface area contributed by atoms with Crippen molar-refractivity contribution in [3.8, 4) is 0 Å². The molecule has 7 nitrogen and oxygen atoms in total. The van der Waals surface area contributed by atoms with E-state index in [1.165, 1.54) is 0 Å². The number of amides is 1. The van der Waals surface area contributed by atoms with E-state index in [0.29, 0.717) is 16.6 Å². The number of nitrogen functional groups attached to an aromatic ring is 1. The van der Waals surface area contributed by atoms with E-state index in [1.54, 1.807) is 12.1 Å². The summed E-state index contributed by atoms with van der Waals surface area (Å²) in [5.74, 6) is -0.188. The van der Waals surface area contributed by atoms with Crippen molar-refractivity contribution in [2.24, 2.45) is 0 Å². The van der Waals surface area contributed by atoms with Crippen molar-refractivity contribution >= 4 is 30.9 Å². The number of fused-ring (bicyclic) bond motifs is 1. The van der Waals surface area contributed by atoms with E-state index in [-0.39, 0.29) is 17.4 Å². The number of rotatable bonds is 6. The zero-order valence-electron chi connectivity index (χ0n) is 13.6. The van der Waals surface area contributed by atoms with Gasteiger partial charge >= 0.3 is 0 Å². The van der Waals surface area contributed by atoms with Crippen LogP contribution in [-0.2, 0) is 12.8 Å². The van der Waals surface area contributed by atoms with Gasteiger partial charge in [-0.15, -0.1) is 0 Å².